The van der Waals surface area contributed by atoms with Crippen molar-refractivity contribution in [3.05, 3.63) is 35.4 Å². The van der Waals surface area contributed by atoms with E-state index in [2.05, 4.69) is 15.6 Å². The van der Waals surface area contributed by atoms with Crippen molar-refractivity contribution in [1.29, 1.82) is 0 Å². The second-order valence-electron chi connectivity index (χ2n) is 5.43. The number of nitrogens with one attached hydrogen (secondary N) is 2. The van der Waals surface area contributed by atoms with E-state index in [1.807, 2.05) is 6.92 Å². The summed E-state index contributed by atoms with van der Waals surface area (Å²) in [5.74, 6) is -0.482. The third kappa shape index (κ3) is 8.58. The molecule has 0 saturated carbocycles. The predicted octanol–water partition coefficient (Wildman–Crippen LogP) is 2.31. The van der Waals surface area contributed by atoms with Crippen LogP contribution >= 0.6 is 24.0 Å². The third-order valence-electron chi connectivity index (χ3n) is 3.54. The van der Waals surface area contributed by atoms with Crippen LogP contribution in [-0.4, -0.2) is 51.1 Å². The van der Waals surface area contributed by atoms with Gasteiger partial charge in [0.1, 0.15) is 11.6 Å². The molecular formula is C16H27F2IN4O2S. The lowest BCUT2D eigenvalue weighted by Gasteiger charge is -2.16. The monoisotopic (exact) mass is 504 g/mol. The first-order chi connectivity index (χ1) is 11.8. The number of nitrogens with zero attached hydrogens (tertiary/aromatic N) is 2. The Balaban J connectivity index is 0.00000625. The van der Waals surface area contributed by atoms with E-state index in [1.54, 1.807) is 14.0 Å². The lowest BCUT2D eigenvalue weighted by molar-refractivity contribution is 0.461. The third-order valence-corrected chi connectivity index (χ3v) is 5.40. The van der Waals surface area contributed by atoms with E-state index in [0.29, 0.717) is 32.0 Å². The van der Waals surface area contributed by atoms with Crippen LogP contribution in [0.2, 0.25) is 0 Å². The molecule has 0 radical (unpaired) electrons. The first kappa shape index (κ1) is 25.0. The average molecular weight is 504 g/mol. The molecule has 26 heavy (non-hydrogen) atoms. The summed E-state index contributed by atoms with van der Waals surface area (Å²) in [5, 5.41) is 6.06. The zero-order valence-corrected chi connectivity index (χ0v) is 18.4. The fraction of sp³-hybridized carbons (Fsp3) is 0.562. The first-order valence-electron chi connectivity index (χ1n) is 8.20. The molecule has 1 aromatic rings. The number of rotatable bonds is 9. The van der Waals surface area contributed by atoms with Gasteiger partial charge in [-0.25, -0.2) is 26.5 Å². The molecule has 150 valence electrons. The Morgan fingerprint density at radius 1 is 1.23 bits per heavy atom. The Labute approximate surface area is 171 Å². The highest BCUT2D eigenvalue weighted by atomic mass is 127. The highest BCUT2D eigenvalue weighted by Crippen LogP contribution is 2.10. The van der Waals surface area contributed by atoms with Crippen LogP contribution in [0.4, 0.5) is 8.78 Å². The van der Waals surface area contributed by atoms with E-state index in [1.165, 1.54) is 4.31 Å². The van der Waals surface area contributed by atoms with Crippen molar-refractivity contribution in [1.82, 2.24) is 14.9 Å². The number of hydrogen-bond acceptors (Lipinski definition) is 3. The van der Waals surface area contributed by atoms with Gasteiger partial charge in [-0.15, -0.1) is 24.0 Å². The number of halogens is 3. The summed E-state index contributed by atoms with van der Waals surface area (Å²) < 4.78 is 51.4. The van der Waals surface area contributed by atoms with E-state index in [9.17, 15) is 17.2 Å². The van der Waals surface area contributed by atoms with E-state index in [4.69, 9.17) is 0 Å². The fourth-order valence-corrected chi connectivity index (χ4v) is 2.89. The molecule has 0 saturated heterocycles. The van der Waals surface area contributed by atoms with Gasteiger partial charge in [0.15, 0.2) is 5.96 Å². The van der Waals surface area contributed by atoms with Crippen LogP contribution < -0.4 is 10.6 Å². The molecule has 10 heteroatoms. The highest BCUT2D eigenvalue weighted by molar-refractivity contribution is 14.0. The molecule has 6 nitrogen and oxygen atoms in total. The van der Waals surface area contributed by atoms with Gasteiger partial charge in [0.05, 0.1) is 12.3 Å². The Hall–Kier alpha value is -1.01. The van der Waals surface area contributed by atoms with Crippen LogP contribution in [-0.2, 0) is 16.6 Å². The Bertz CT molecular complexity index is 687. The van der Waals surface area contributed by atoms with Gasteiger partial charge in [0, 0.05) is 32.2 Å². The summed E-state index contributed by atoms with van der Waals surface area (Å²) in [7, 11) is -1.64. The molecule has 1 aromatic carbocycles. The number of aliphatic imine (C=N–C) groups is 1. The molecule has 0 fully saturated rings. The number of guanidine groups is 1. The molecular weight excluding hydrogens is 477 g/mol. The number of hydrogen-bond donors (Lipinski definition) is 2. The minimum absolute atomic E-state index is 0. The summed E-state index contributed by atoms with van der Waals surface area (Å²) in [6, 6.07) is 3.25. The van der Waals surface area contributed by atoms with Gasteiger partial charge in [-0.2, -0.15) is 0 Å². The molecule has 1 rings (SSSR count). The van der Waals surface area contributed by atoms with E-state index >= 15 is 0 Å². The molecule has 0 spiro atoms. The highest BCUT2D eigenvalue weighted by Gasteiger charge is 2.14. The molecule has 0 atom stereocenters. The van der Waals surface area contributed by atoms with Crippen molar-refractivity contribution >= 4 is 40.0 Å². The summed E-state index contributed by atoms with van der Waals surface area (Å²) in [6.07, 6.45) is 0.592. The predicted molar refractivity (Wildman–Crippen MR) is 111 cm³/mol. The van der Waals surface area contributed by atoms with Crippen LogP contribution in [0.5, 0.6) is 0 Å². The molecule has 0 heterocycles. The smallest absolute Gasteiger partial charge is 0.213 e. The zero-order chi connectivity index (χ0) is 18.9. The maximum Gasteiger partial charge on any atom is 0.213 e. The maximum atomic E-state index is 13.6. The molecule has 0 aliphatic carbocycles. The number of benzene rings is 1. The van der Waals surface area contributed by atoms with E-state index in [0.717, 1.165) is 18.2 Å². The largest absolute Gasteiger partial charge is 0.357 e. The van der Waals surface area contributed by atoms with Crippen LogP contribution in [0.25, 0.3) is 0 Å². The summed E-state index contributed by atoms with van der Waals surface area (Å²) in [6.45, 7) is 5.00. The van der Waals surface area contributed by atoms with Gasteiger partial charge in [0.25, 0.3) is 0 Å². The molecule has 2 N–H and O–H groups in total. The Kier molecular flexibility index (Phi) is 11.9. The second kappa shape index (κ2) is 12.4. The van der Waals surface area contributed by atoms with Gasteiger partial charge < -0.3 is 10.6 Å². The Morgan fingerprint density at radius 3 is 2.54 bits per heavy atom. The van der Waals surface area contributed by atoms with Crippen molar-refractivity contribution in [2.45, 2.75) is 26.8 Å². The van der Waals surface area contributed by atoms with Gasteiger partial charge in [-0.05, 0) is 38.5 Å². The summed E-state index contributed by atoms with van der Waals surface area (Å²) in [4.78, 5) is 4.22. The molecule has 0 aliphatic heterocycles. The lowest BCUT2D eigenvalue weighted by atomic mass is 10.2. The molecule has 0 amide bonds. The summed E-state index contributed by atoms with van der Waals surface area (Å²) in [5.41, 5.74) is 0.172. The van der Waals surface area contributed by atoms with Crippen molar-refractivity contribution < 1.29 is 17.2 Å². The van der Waals surface area contributed by atoms with Crippen LogP contribution in [0.15, 0.2) is 23.2 Å². The van der Waals surface area contributed by atoms with Crippen LogP contribution in [0.3, 0.4) is 0 Å². The van der Waals surface area contributed by atoms with Crippen LogP contribution in [0.1, 0.15) is 25.8 Å². The normalized spacial score (nSPS) is 12.0. The van der Waals surface area contributed by atoms with Gasteiger partial charge in [-0.3, -0.25) is 0 Å². The molecule has 0 unspecified atom stereocenters. The molecule has 0 aromatic heterocycles. The van der Waals surface area contributed by atoms with Gasteiger partial charge >= 0.3 is 0 Å². The van der Waals surface area contributed by atoms with Crippen molar-refractivity contribution in [2.75, 3.05) is 32.4 Å². The first-order valence-corrected chi connectivity index (χ1v) is 9.81. The van der Waals surface area contributed by atoms with Gasteiger partial charge in [-0.1, -0.05) is 0 Å². The van der Waals surface area contributed by atoms with Crippen molar-refractivity contribution in [2.24, 2.45) is 4.99 Å². The topological polar surface area (TPSA) is 73.8 Å². The van der Waals surface area contributed by atoms with Gasteiger partial charge in [0.2, 0.25) is 10.0 Å². The van der Waals surface area contributed by atoms with Crippen molar-refractivity contribution in [3.8, 4) is 0 Å². The van der Waals surface area contributed by atoms with E-state index < -0.39 is 21.7 Å². The zero-order valence-electron chi connectivity index (χ0n) is 15.3. The summed E-state index contributed by atoms with van der Waals surface area (Å²) >= 11 is 0. The second-order valence-corrected chi connectivity index (χ2v) is 7.80. The lowest BCUT2D eigenvalue weighted by Crippen LogP contribution is -2.39. The van der Waals surface area contributed by atoms with Crippen molar-refractivity contribution in [3.63, 3.8) is 0 Å². The van der Waals surface area contributed by atoms with Crippen LogP contribution in [0, 0.1) is 11.6 Å². The number of sulfonamides is 1. The minimum atomic E-state index is -3.18. The Morgan fingerprint density at radius 2 is 1.92 bits per heavy atom. The molecule has 0 bridgehead atoms. The quantitative estimate of drug-likeness (QED) is 0.234. The standard InChI is InChI=1S/C16H26F2N4O2S.HI/c1-4-19-16(20-9-6-10-22(3)25(23,24)5-2)21-12-13-11-14(17)7-8-15(13)18;/h7-8,11H,4-6,9-10,12H2,1-3H3,(H2,19,20,21);1H. The minimum Gasteiger partial charge on any atom is -0.357 e. The maximum absolute atomic E-state index is 13.6. The average Bonchev–Trinajstić information content (AvgIpc) is 2.58. The van der Waals surface area contributed by atoms with E-state index in [-0.39, 0.29) is 41.8 Å². The SMILES string of the molecule is CCNC(=NCc1cc(F)ccc1F)NCCCN(C)S(=O)(=O)CC.I. The molecule has 0 aliphatic rings. The fourth-order valence-electron chi connectivity index (χ4n) is 2.04.